The van der Waals surface area contributed by atoms with E-state index in [4.69, 9.17) is 0 Å². The Morgan fingerprint density at radius 1 is 0.456 bits per heavy atom. The second kappa shape index (κ2) is 19.4. The molecular formula is C48H93GeOSSi6. The third-order valence-corrected chi connectivity index (χ3v) is 47.8. The maximum atomic E-state index is 10.2. The summed E-state index contributed by atoms with van der Waals surface area (Å²) >= 11 is -1.42. The van der Waals surface area contributed by atoms with Crippen molar-refractivity contribution in [2.24, 2.45) is 0 Å². The van der Waals surface area contributed by atoms with Crippen molar-refractivity contribution < 1.29 is 4.55 Å². The van der Waals surface area contributed by atoms with Crippen molar-refractivity contribution in [3.63, 3.8) is 0 Å². The van der Waals surface area contributed by atoms with Gasteiger partial charge in [0.25, 0.3) is 0 Å². The van der Waals surface area contributed by atoms with Crippen molar-refractivity contribution in [1.82, 2.24) is 0 Å². The van der Waals surface area contributed by atoms with Gasteiger partial charge in [0.1, 0.15) is 0 Å². The van der Waals surface area contributed by atoms with Crippen LogP contribution in [0.2, 0.25) is 123 Å². The molecule has 0 unspecified atom stereocenters. The first-order valence-corrected chi connectivity index (χ1v) is 48.5. The zero-order valence-electron chi connectivity index (χ0n) is 42.5. The summed E-state index contributed by atoms with van der Waals surface area (Å²) in [7, 11) is -10.1. The first-order chi connectivity index (χ1) is 25.4. The molecule has 1 radical (unpaired) electrons. The molecule has 0 bridgehead atoms. The summed E-state index contributed by atoms with van der Waals surface area (Å²) in [5.41, 5.74) is 13.1. The molecular weight excluding hydrogens is 866 g/mol. The second-order valence-electron chi connectivity index (χ2n) is 25.6. The number of benzene rings is 2. The van der Waals surface area contributed by atoms with Gasteiger partial charge in [0.15, 0.2) is 0 Å². The van der Waals surface area contributed by atoms with Gasteiger partial charge in [-0.25, -0.2) is 0 Å². The average molecular weight is 959 g/mol. The van der Waals surface area contributed by atoms with Crippen LogP contribution in [0.4, 0.5) is 0 Å². The van der Waals surface area contributed by atoms with Crippen LogP contribution < -0.4 is 8.79 Å². The Bertz CT molecular complexity index is 1580. The molecule has 0 spiro atoms. The Labute approximate surface area is 371 Å². The number of allylic oxidation sites excluding steroid dienone is 1. The number of hydrogen-bond donors (Lipinski definition) is 1. The number of rotatable bonds is 18. The minimum absolute atomic E-state index is 0.459. The van der Waals surface area contributed by atoms with Gasteiger partial charge in [0, 0.05) is 0 Å². The standard InChI is InChI=1S/C48H93GeOSSi6/c1-33(2)38-27-40(34(3)4)44(41(28-38)35(5)6)49(31-36(7)37(8)32-51-50)45-42(47(54(15,16)17)55(18,19)20)29-39(46(52(9,10)11)53(12,13)14)30-43(45)48(56(21,22)23)57(24,25)26/h27-30,33-35,46-48,50H,31-32H2,1-26H3/b37-36-. The Kier molecular flexibility index (Phi) is 18.2. The van der Waals surface area contributed by atoms with Gasteiger partial charge in [-0.2, -0.15) is 0 Å². The van der Waals surface area contributed by atoms with E-state index in [-0.39, 0.29) is 0 Å². The van der Waals surface area contributed by atoms with E-state index in [9.17, 15) is 4.55 Å². The van der Waals surface area contributed by atoms with Crippen LogP contribution >= 0.6 is 12.0 Å². The molecule has 0 aliphatic heterocycles. The fourth-order valence-corrected chi connectivity index (χ4v) is 59.9. The van der Waals surface area contributed by atoms with Gasteiger partial charge in [0.05, 0.1) is 0 Å². The zero-order valence-corrected chi connectivity index (χ0v) is 51.5. The topological polar surface area (TPSA) is 20.2 Å². The molecule has 9 heteroatoms. The molecule has 1 nitrogen and oxygen atoms in total. The van der Waals surface area contributed by atoms with E-state index >= 15 is 0 Å². The molecule has 0 saturated heterocycles. The third-order valence-electron chi connectivity index (χ3n) is 12.6. The Hall–Kier alpha value is 0.334. The van der Waals surface area contributed by atoms with Gasteiger partial charge in [-0.05, 0) is 0 Å². The van der Waals surface area contributed by atoms with Gasteiger partial charge < -0.3 is 0 Å². The van der Waals surface area contributed by atoms with E-state index in [1.807, 2.05) is 15.5 Å². The molecule has 2 aromatic carbocycles. The molecule has 0 heterocycles. The van der Waals surface area contributed by atoms with Gasteiger partial charge in [-0.3, -0.25) is 0 Å². The predicted octanol–water partition coefficient (Wildman–Crippen LogP) is 15.7. The van der Waals surface area contributed by atoms with E-state index in [1.54, 1.807) is 21.1 Å². The summed E-state index contributed by atoms with van der Waals surface area (Å²) in [6, 6.07) is 11.3. The van der Waals surface area contributed by atoms with Gasteiger partial charge in [0.2, 0.25) is 0 Å². The van der Waals surface area contributed by atoms with Gasteiger partial charge in [-0.1, -0.05) is 0 Å². The Morgan fingerprint density at radius 2 is 0.754 bits per heavy atom. The summed E-state index contributed by atoms with van der Waals surface area (Å²) in [6.45, 7) is 68.2. The van der Waals surface area contributed by atoms with Crippen molar-refractivity contribution in [3.05, 3.63) is 68.8 Å². The van der Waals surface area contributed by atoms with Crippen molar-refractivity contribution in [2.75, 3.05) is 5.75 Å². The molecule has 0 atom stereocenters. The molecule has 0 amide bonds. The van der Waals surface area contributed by atoms with E-state index in [0.717, 1.165) is 12.0 Å². The minimum atomic E-state index is -2.43. The predicted molar refractivity (Wildman–Crippen MR) is 287 cm³/mol. The molecule has 0 aliphatic carbocycles. The van der Waals surface area contributed by atoms with Gasteiger partial charge >= 0.3 is 374 Å². The fourth-order valence-electron chi connectivity index (χ4n) is 11.7. The quantitative estimate of drug-likeness (QED) is 0.0913. The summed E-state index contributed by atoms with van der Waals surface area (Å²) in [4.78, 5) is 0. The zero-order chi connectivity index (χ0) is 44.8. The van der Waals surface area contributed by atoms with Crippen LogP contribution in [-0.2, 0) is 0 Å². The summed E-state index contributed by atoms with van der Waals surface area (Å²) in [5.74, 6) is 2.12. The van der Waals surface area contributed by atoms with Crippen LogP contribution in [0.5, 0.6) is 0 Å². The van der Waals surface area contributed by atoms with E-state index < -0.39 is 62.8 Å². The molecule has 2 rings (SSSR count). The van der Waals surface area contributed by atoms with Crippen molar-refractivity contribution in [2.45, 2.75) is 212 Å². The maximum absolute atomic E-state index is 10.2. The Balaban J connectivity index is 3.82. The molecule has 325 valence electrons. The average Bonchev–Trinajstić information content (AvgIpc) is 2.95. The van der Waals surface area contributed by atoms with Crippen molar-refractivity contribution in [3.8, 4) is 0 Å². The molecule has 57 heavy (non-hydrogen) atoms. The van der Waals surface area contributed by atoms with E-state index in [1.165, 1.54) is 22.0 Å². The normalized spacial score (nSPS) is 14.8. The van der Waals surface area contributed by atoms with Crippen LogP contribution in [0.25, 0.3) is 0 Å². The molecule has 0 fully saturated rings. The first kappa shape index (κ1) is 53.5. The fraction of sp³-hybridized carbons (Fsp3) is 0.708. The summed E-state index contributed by atoms with van der Waals surface area (Å²) in [6.07, 6.45) is 0. The van der Waals surface area contributed by atoms with Crippen molar-refractivity contribution >= 4 is 83.6 Å². The number of hydrogen-bond acceptors (Lipinski definition) is 2. The molecule has 1 N–H and O–H groups in total. The van der Waals surface area contributed by atoms with Crippen LogP contribution in [-0.4, -0.2) is 73.1 Å². The van der Waals surface area contributed by atoms with Gasteiger partial charge in [-0.15, -0.1) is 0 Å². The molecule has 0 saturated carbocycles. The molecule has 0 aliphatic rings. The van der Waals surface area contributed by atoms with E-state index in [2.05, 4.69) is 198 Å². The molecule has 0 aromatic heterocycles. The van der Waals surface area contributed by atoms with E-state index in [0.29, 0.717) is 39.0 Å². The van der Waals surface area contributed by atoms with Crippen molar-refractivity contribution in [1.29, 1.82) is 0 Å². The first-order valence-electron chi connectivity index (χ1n) is 22.5. The molecule has 2 aromatic rings. The SMILES string of the molecule is C/C(CSO)=C(\C)[CH2][Ge]([c]1c(C(C)C)cc(C(C)C)cc1C(C)C)[c]1c(C([Si](C)(C)C)[Si](C)(C)C)cc(C([Si](C)(C)C)[Si](C)(C)C)cc1C([Si](C)(C)C)[Si](C)(C)C. The van der Waals surface area contributed by atoms with Crippen LogP contribution in [0.15, 0.2) is 35.4 Å². The second-order valence-corrected chi connectivity index (χ2v) is 64.6. The van der Waals surface area contributed by atoms with Crippen LogP contribution in [0.1, 0.15) is 122 Å². The summed E-state index contributed by atoms with van der Waals surface area (Å²) < 4.78 is 13.9. The van der Waals surface area contributed by atoms with Crippen LogP contribution in [0, 0.1) is 0 Å². The monoisotopic (exact) mass is 959 g/mol. The Morgan fingerprint density at radius 3 is 1.02 bits per heavy atom. The summed E-state index contributed by atoms with van der Waals surface area (Å²) in [5, 5.41) is 3.23. The third kappa shape index (κ3) is 13.4. The van der Waals surface area contributed by atoms with Crippen LogP contribution in [0.3, 0.4) is 0 Å².